The molecule has 0 aliphatic carbocycles. The van der Waals surface area contributed by atoms with Crippen LogP contribution in [0.2, 0.25) is 5.02 Å². The van der Waals surface area contributed by atoms with Gasteiger partial charge in [-0.3, -0.25) is 0 Å². The predicted octanol–water partition coefficient (Wildman–Crippen LogP) is 4.06. The maximum Gasteiger partial charge on any atom is 0.125 e. The lowest BCUT2D eigenvalue weighted by Crippen LogP contribution is -2.23. The molecule has 2 rings (SSSR count). The first-order valence-corrected chi connectivity index (χ1v) is 7.28. The molecule has 0 saturated heterocycles. The molecule has 0 saturated carbocycles. The van der Waals surface area contributed by atoms with Gasteiger partial charge in [-0.2, -0.15) is 0 Å². The molecule has 1 atom stereocenters. The third-order valence-electron chi connectivity index (χ3n) is 3.36. The van der Waals surface area contributed by atoms with Crippen molar-refractivity contribution in [2.45, 2.75) is 13.0 Å². The quantitative estimate of drug-likeness (QED) is 0.873. The summed E-state index contributed by atoms with van der Waals surface area (Å²) in [5.74, 6) is 1.61. The van der Waals surface area contributed by atoms with Gasteiger partial charge in [0.25, 0.3) is 0 Å². The van der Waals surface area contributed by atoms with Gasteiger partial charge in [-0.25, -0.2) is 0 Å². The van der Waals surface area contributed by atoms with E-state index < -0.39 is 0 Å². The second kappa shape index (κ2) is 7.34. The molecule has 0 aliphatic rings. The average Bonchev–Trinajstić information content (AvgIpc) is 2.53. The second-order valence-corrected chi connectivity index (χ2v) is 5.06. The Balaban J connectivity index is 2.53. The van der Waals surface area contributed by atoms with Crippen molar-refractivity contribution in [2.75, 3.05) is 20.8 Å². The van der Waals surface area contributed by atoms with Gasteiger partial charge in [0.1, 0.15) is 11.5 Å². The minimum Gasteiger partial charge on any atom is -0.496 e. The lowest BCUT2D eigenvalue weighted by Gasteiger charge is -2.23. The van der Waals surface area contributed by atoms with Crippen molar-refractivity contribution >= 4 is 11.6 Å². The normalized spacial score (nSPS) is 12.0. The smallest absolute Gasteiger partial charge is 0.125 e. The number of halogens is 1. The lowest BCUT2D eigenvalue weighted by atomic mass is 9.97. The Kier molecular flexibility index (Phi) is 5.48. The van der Waals surface area contributed by atoms with Gasteiger partial charge in [0.15, 0.2) is 0 Å². The number of para-hydroxylation sites is 1. The van der Waals surface area contributed by atoms with Gasteiger partial charge in [0, 0.05) is 16.1 Å². The molecular formula is C17H20ClNO2. The van der Waals surface area contributed by atoms with E-state index in [0.29, 0.717) is 5.02 Å². The molecule has 2 aromatic rings. The molecule has 0 fully saturated rings. The van der Waals surface area contributed by atoms with E-state index in [1.165, 1.54) is 0 Å². The average molecular weight is 306 g/mol. The van der Waals surface area contributed by atoms with Gasteiger partial charge in [-0.05, 0) is 24.7 Å². The van der Waals surface area contributed by atoms with Gasteiger partial charge in [-0.1, -0.05) is 42.8 Å². The largest absolute Gasteiger partial charge is 0.496 e. The summed E-state index contributed by atoms with van der Waals surface area (Å²) in [5.41, 5.74) is 2.11. The highest BCUT2D eigenvalue weighted by Gasteiger charge is 2.20. The molecule has 3 nitrogen and oxygen atoms in total. The number of hydrogen-bond acceptors (Lipinski definition) is 3. The highest BCUT2D eigenvalue weighted by molar-refractivity contribution is 6.30. The Hall–Kier alpha value is -1.71. The monoisotopic (exact) mass is 305 g/mol. The number of nitrogens with one attached hydrogen (secondary N) is 1. The third kappa shape index (κ3) is 3.49. The van der Waals surface area contributed by atoms with Crippen LogP contribution in [0, 0.1) is 0 Å². The van der Waals surface area contributed by atoms with Crippen LogP contribution in [-0.2, 0) is 0 Å². The van der Waals surface area contributed by atoms with Crippen molar-refractivity contribution in [3.63, 3.8) is 0 Å². The Morgan fingerprint density at radius 2 is 1.67 bits per heavy atom. The van der Waals surface area contributed by atoms with E-state index in [1.54, 1.807) is 14.2 Å². The summed E-state index contributed by atoms with van der Waals surface area (Å²) >= 11 is 6.06. The fourth-order valence-electron chi connectivity index (χ4n) is 2.42. The molecule has 0 aliphatic heterocycles. The topological polar surface area (TPSA) is 30.5 Å². The maximum atomic E-state index is 6.06. The minimum absolute atomic E-state index is 0.0154. The SMILES string of the molecule is CCNC(c1ccccc1OC)c1ccc(Cl)cc1OC. The van der Waals surface area contributed by atoms with E-state index in [1.807, 2.05) is 36.4 Å². The first-order valence-electron chi connectivity index (χ1n) is 6.91. The van der Waals surface area contributed by atoms with Crippen LogP contribution in [0.5, 0.6) is 11.5 Å². The minimum atomic E-state index is -0.0154. The number of rotatable bonds is 6. The molecule has 0 radical (unpaired) electrons. The molecule has 0 heterocycles. The summed E-state index contributed by atoms with van der Waals surface area (Å²) in [6, 6.07) is 13.7. The van der Waals surface area contributed by atoms with E-state index in [2.05, 4.69) is 18.3 Å². The van der Waals surface area contributed by atoms with E-state index in [4.69, 9.17) is 21.1 Å². The summed E-state index contributed by atoms with van der Waals surface area (Å²) in [5, 5.41) is 4.14. The van der Waals surface area contributed by atoms with Crippen LogP contribution >= 0.6 is 11.6 Å². The zero-order valence-electron chi connectivity index (χ0n) is 12.5. The molecule has 1 unspecified atom stereocenters. The second-order valence-electron chi connectivity index (χ2n) is 4.62. The van der Waals surface area contributed by atoms with Crippen molar-refractivity contribution < 1.29 is 9.47 Å². The van der Waals surface area contributed by atoms with Crippen LogP contribution in [-0.4, -0.2) is 20.8 Å². The molecule has 2 aromatic carbocycles. The number of ether oxygens (including phenoxy) is 2. The van der Waals surface area contributed by atoms with Gasteiger partial charge in [0.05, 0.1) is 20.3 Å². The Morgan fingerprint density at radius 1 is 1.00 bits per heavy atom. The highest BCUT2D eigenvalue weighted by atomic mass is 35.5. The summed E-state index contributed by atoms with van der Waals surface area (Å²) in [7, 11) is 3.33. The number of hydrogen-bond donors (Lipinski definition) is 1. The predicted molar refractivity (Wildman–Crippen MR) is 86.5 cm³/mol. The standard InChI is InChI=1S/C17H20ClNO2/c1-4-19-17(13-7-5-6-8-15(13)20-2)14-10-9-12(18)11-16(14)21-3/h5-11,17,19H,4H2,1-3H3. The van der Waals surface area contributed by atoms with Crippen molar-refractivity contribution in [2.24, 2.45) is 0 Å². The Bertz CT molecular complexity index is 601. The summed E-state index contributed by atoms with van der Waals surface area (Å²) in [4.78, 5) is 0. The zero-order chi connectivity index (χ0) is 15.2. The van der Waals surface area contributed by atoms with Crippen LogP contribution in [0.3, 0.4) is 0 Å². The van der Waals surface area contributed by atoms with Crippen molar-refractivity contribution in [3.05, 3.63) is 58.6 Å². The first-order chi connectivity index (χ1) is 10.2. The Morgan fingerprint density at radius 3 is 2.33 bits per heavy atom. The first kappa shape index (κ1) is 15.7. The van der Waals surface area contributed by atoms with Crippen LogP contribution in [0.4, 0.5) is 0 Å². The number of methoxy groups -OCH3 is 2. The summed E-state index contributed by atoms with van der Waals surface area (Å²) in [6.07, 6.45) is 0. The van der Waals surface area contributed by atoms with E-state index >= 15 is 0 Å². The van der Waals surface area contributed by atoms with E-state index in [9.17, 15) is 0 Å². The number of benzene rings is 2. The maximum absolute atomic E-state index is 6.06. The van der Waals surface area contributed by atoms with Crippen molar-refractivity contribution in [3.8, 4) is 11.5 Å². The fourth-order valence-corrected chi connectivity index (χ4v) is 2.58. The molecule has 0 aromatic heterocycles. The van der Waals surface area contributed by atoms with Gasteiger partial charge >= 0.3 is 0 Å². The summed E-state index contributed by atoms with van der Waals surface area (Å²) in [6.45, 7) is 2.90. The molecule has 1 N–H and O–H groups in total. The van der Waals surface area contributed by atoms with Crippen LogP contribution in [0.1, 0.15) is 24.1 Å². The van der Waals surface area contributed by atoms with E-state index in [0.717, 1.165) is 29.2 Å². The van der Waals surface area contributed by atoms with Crippen molar-refractivity contribution in [1.82, 2.24) is 5.32 Å². The lowest BCUT2D eigenvalue weighted by molar-refractivity contribution is 0.394. The summed E-state index contributed by atoms with van der Waals surface area (Å²) < 4.78 is 11.0. The molecule has 0 spiro atoms. The van der Waals surface area contributed by atoms with Gasteiger partial charge in [-0.15, -0.1) is 0 Å². The molecule has 4 heteroatoms. The van der Waals surface area contributed by atoms with Gasteiger partial charge < -0.3 is 14.8 Å². The Labute approximate surface area is 130 Å². The fraction of sp³-hybridized carbons (Fsp3) is 0.294. The van der Waals surface area contributed by atoms with Crippen LogP contribution in [0.25, 0.3) is 0 Å². The van der Waals surface area contributed by atoms with Crippen LogP contribution < -0.4 is 14.8 Å². The van der Waals surface area contributed by atoms with Crippen molar-refractivity contribution in [1.29, 1.82) is 0 Å². The molecule has 0 amide bonds. The third-order valence-corrected chi connectivity index (χ3v) is 3.60. The molecule has 0 bridgehead atoms. The zero-order valence-corrected chi connectivity index (χ0v) is 13.3. The van der Waals surface area contributed by atoms with E-state index in [-0.39, 0.29) is 6.04 Å². The highest BCUT2D eigenvalue weighted by Crippen LogP contribution is 2.35. The van der Waals surface area contributed by atoms with Crippen LogP contribution in [0.15, 0.2) is 42.5 Å². The molecule has 21 heavy (non-hydrogen) atoms. The molecule has 112 valence electrons. The van der Waals surface area contributed by atoms with Gasteiger partial charge in [0.2, 0.25) is 0 Å². The molecular weight excluding hydrogens is 286 g/mol.